The van der Waals surface area contributed by atoms with Gasteiger partial charge in [-0.2, -0.15) is 0 Å². The summed E-state index contributed by atoms with van der Waals surface area (Å²) in [5, 5.41) is 14.2. The van der Waals surface area contributed by atoms with Gasteiger partial charge in [0.2, 0.25) is 0 Å². The van der Waals surface area contributed by atoms with Crippen molar-refractivity contribution in [3.05, 3.63) is 79.9 Å². The van der Waals surface area contributed by atoms with Crippen molar-refractivity contribution in [3.8, 4) is 0 Å². The van der Waals surface area contributed by atoms with E-state index >= 15 is 0 Å². The summed E-state index contributed by atoms with van der Waals surface area (Å²) in [6.45, 7) is 2.34. The van der Waals surface area contributed by atoms with Crippen molar-refractivity contribution in [2.45, 2.75) is 13.5 Å². The normalized spacial score (nSPS) is 10.7. The zero-order valence-electron chi connectivity index (χ0n) is 16.5. The summed E-state index contributed by atoms with van der Waals surface area (Å²) in [6.07, 6.45) is 1.61. The first kappa shape index (κ1) is 20.9. The summed E-state index contributed by atoms with van der Waals surface area (Å²) >= 11 is 0. The molecule has 0 fully saturated rings. The van der Waals surface area contributed by atoms with Gasteiger partial charge in [-0.25, -0.2) is 9.78 Å². The highest BCUT2D eigenvalue weighted by atomic mass is 16.6. The number of rotatable bonds is 8. The van der Waals surface area contributed by atoms with Crippen LogP contribution in [0.15, 0.2) is 47.4 Å². The van der Waals surface area contributed by atoms with Crippen molar-refractivity contribution in [1.29, 1.82) is 0 Å². The Morgan fingerprint density at radius 3 is 2.83 bits per heavy atom. The van der Waals surface area contributed by atoms with E-state index in [9.17, 15) is 19.7 Å². The topological polar surface area (TPSA) is 125 Å². The molecule has 0 aliphatic heterocycles. The lowest BCUT2D eigenvalue weighted by molar-refractivity contribution is -0.384. The fourth-order valence-corrected chi connectivity index (χ4v) is 2.85. The van der Waals surface area contributed by atoms with Crippen molar-refractivity contribution in [3.63, 3.8) is 0 Å². The number of carbonyl (C=O) groups is 1. The van der Waals surface area contributed by atoms with E-state index in [1.165, 1.54) is 29.7 Å². The van der Waals surface area contributed by atoms with Crippen molar-refractivity contribution >= 4 is 23.0 Å². The molecular formula is C20H20N4O6. The van der Waals surface area contributed by atoms with Gasteiger partial charge < -0.3 is 14.8 Å². The molecule has 156 valence electrons. The lowest BCUT2D eigenvalue weighted by Crippen LogP contribution is -2.17. The molecule has 0 radical (unpaired) electrons. The SMILES string of the molecule is COCCNc1ccc(C(=O)OCc2cc(=O)n3cccc(C)c3n2)cc1[N+](=O)[O-]. The maximum atomic E-state index is 12.4. The number of pyridine rings is 1. The van der Waals surface area contributed by atoms with Crippen molar-refractivity contribution in [2.75, 3.05) is 25.6 Å². The Kier molecular flexibility index (Phi) is 6.38. The number of nitro benzene ring substituents is 1. The Balaban J connectivity index is 1.77. The number of nitro groups is 1. The van der Waals surface area contributed by atoms with Crippen LogP contribution in [0.2, 0.25) is 0 Å². The maximum Gasteiger partial charge on any atom is 0.338 e. The Hall–Kier alpha value is -3.79. The van der Waals surface area contributed by atoms with Gasteiger partial charge in [0, 0.05) is 32.0 Å². The van der Waals surface area contributed by atoms with Crippen molar-refractivity contribution in [2.24, 2.45) is 0 Å². The Labute approximate surface area is 171 Å². The number of esters is 1. The average Bonchev–Trinajstić information content (AvgIpc) is 2.73. The molecule has 0 atom stereocenters. The molecule has 0 saturated heterocycles. The molecule has 0 saturated carbocycles. The summed E-state index contributed by atoms with van der Waals surface area (Å²) in [6, 6.07) is 8.85. The first-order valence-corrected chi connectivity index (χ1v) is 9.07. The minimum Gasteiger partial charge on any atom is -0.456 e. The summed E-state index contributed by atoms with van der Waals surface area (Å²) in [5.74, 6) is -0.756. The molecule has 2 heterocycles. The van der Waals surface area contributed by atoms with Crippen LogP contribution in [0, 0.1) is 17.0 Å². The molecule has 0 amide bonds. The third kappa shape index (κ3) is 4.61. The number of anilines is 1. The molecule has 1 aromatic carbocycles. The largest absolute Gasteiger partial charge is 0.456 e. The molecule has 30 heavy (non-hydrogen) atoms. The maximum absolute atomic E-state index is 12.4. The first-order chi connectivity index (χ1) is 14.4. The molecular weight excluding hydrogens is 392 g/mol. The highest BCUT2D eigenvalue weighted by Gasteiger charge is 2.18. The highest BCUT2D eigenvalue weighted by molar-refractivity contribution is 5.91. The lowest BCUT2D eigenvalue weighted by Gasteiger charge is -2.09. The van der Waals surface area contributed by atoms with Crippen LogP contribution in [-0.2, 0) is 16.1 Å². The highest BCUT2D eigenvalue weighted by Crippen LogP contribution is 2.26. The van der Waals surface area contributed by atoms with Gasteiger partial charge in [-0.05, 0) is 30.7 Å². The summed E-state index contributed by atoms with van der Waals surface area (Å²) in [4.78, 5) is 39.7. The van der Waals surface area contributed by atoms with Gasteiger partial charge in [0.05, 0.1) is 22.8 Å². The molecule has 10 nitrogen and oxygen atoms in total. The molecule has 0 bridgehead atoms. The standard InChI is InChI=1S/C20H20N4O6/c1-13-4-3-8-23-18(25)11-15(22-19(13)23)12-30-20(26)14-5-6-16(21-7-9-29-2)17(10-14)24(27)28/h3-6,8,10-11,21H,7,9,12H2,1-2H3. The van der Waals surface area contributed by atoms with Crippen LogP contribution < -0.4 is 10.9 Å². The van der Waals surface area contributed by atoms with Gasteiger partial charge in [-0.15, -0.1) is 0 Å². The van der Waals surface area contributed by atoms with Crippen LogP contribution >= 0.6 is 0 Å². The minimum atomic E-state index is -0.756. The zero-order chi connectivity index (χ0) is 21.7. The molecule has 3 rings (SSSR count). The number of carbonyl (C=O) groups excluding carboxylic acids is 1. The predicted octanol–water partition coefficient (Wildman–Crippen LogP) is 2.33. The van der Waals surface area contributed by atoms with Gasteiger partial charge in [-0.3, -0.25) is 19.3 Å². The van der Waals surface area contributed by atoms with E-state index in [1.807, 2.05) is 13.0 Å². The summed E-state index contributed by atoms with van der Waals surface area (Å²) < 4.78 is 11.5. The van der Waals surface area contributed by atoms with Crippen LogP contribution in [0.5, 0.6) is 0 Å². The third-order valence-corrected chi connectivity index (χ3v) is 4.34. The van der Waals surface area contributed by atoms with Gasteiger partial charge in [-0.1, -0.05) is 6.07 Å². The Bertz CT molecular complexity index is 1160. The van der Waals surface area contributed by atoms with Crippen molar-refractivity contribution in [1.82, 2.24) is 9.38 Å². The Morgan fingerprint density at radius 2 is 2.10 bits per heavy atom. The van der Waals surface area contributed by atoms with E-state index in [-0.39, 0.29) is 34.8 Å². The number of methoxy groups -OCH3 is 1. The number of hydrogen-bond acceptors (Lipinski definition) is 8. The molecule has 0 aliphatic rings. The molecule has 2 aromatic heterocycles. The molecule has 1 N–H and O–H groups in total. The van der Waals surface area contributed by atoms with E-state index in [0.717, 1.165) is 11.6 Å². The summed E-state index contributed by atoms with van der Waals surface area (Å²) in [5.41, 5.74) is 1.30. The summed E-state index contributed by atoms with van der Waals surface area (Å²) in [7, 11) is 1.52. The monoisotopic (exact) mass is 412 g/mol. The van der Waals surface area contributed by atoms with Crippen LogP contribution in [0.3, 0.4) is 0 Å². The second-order valence-electron chi connectivity index (χ2n) is 6.46. The fourth-order valence-electron chi connectivity index (χ4n) is 2.85. The molecule has 0 aliphatic carbocycles. The average molecular weight is 412 g/mol. The van der Waals surface area contributed by atoms with Gasteiger partial charge in [0.25, 0.3) is 11.2 Å². The number of benzene rings is 1. The van der Waals surface area contributed by atoms with Gasteiger partial charge >= 0.3 is 5.97 Å². The zero-order valence-corrected chi connectivity index (χ0v) is 16.5. The van der Waals surface area contributed by atoms with E-state index in [4.69, 9.17) is 9.47 Å². The van der Waals surface area contributed by atoms with E-state index in [0.29, 0.717) is 18.8 Å². The predicted molar refractivity (Wildman–Crippen MR) is 109 cm³/mol. The number of fused-ring (bicyclic) bond motifs is 1. The lowest BCUT2D eigenvalue weighted by atomic mass is 10.1. The van der Waals surface area contributed by atoms with Crippen molar-refractivity contribution < 1.29 is 19.2 Å². The number of aromatic nitrogens is 2. The third-order valence-electron chi connectivity index (χ3n) is 4.34. The number of nitrogens with one attached hydrogen (secondary N) is 1. The van der Waals surface area contributed by atoms with Gasteiger partial charge in [0.1, 0.15) is 17.9 Å². The number of hydrogen-bond donors (Lipinski definition) is 1. The molecule has 0 spiro atoms. The first-order valence-electron chi connectivity index (χ1n) is 9.07. The number of ether oxygens (including phenoxy) is 2. The minimum absolute atomic E-state index is 0.0210. The van der Waals surface area contributed by atoms with Crippen LogP contribution in [0.4, 0.5) is 11.4 Å². The fraction of sp³-hybridized carbons (Fsp3) is 0.250. The van der Waals surface area contributed by atoms with Crippen LogP contribution in [0.1, 0.15) is 21.6 Å². The molecule has 3 aromatic rings. The smallest absolute Gasteiger partial charge is 0.338 e. The number of aryl methyl sites for hydroxylation is 1. The number of nitrogens with zero attached hydrogens (tertiary/aromatic N) is 3. The van der Waals surface area contributed by atoms with E-state index in [1.54, 1.807) is 12.3 Å². The second-order valence-corrected chi connectivity index (χ2v) is 6.46. The quantitative estimate of drug-likeness (QED) is 0.259. The Morgan fingerprint density at radius 1 is 1.30 bits per heavy atom. The van der Waals surface area contributed by atoms with E-state index in [2.05, 4.69) is 10.3 Å². The second kappa shape index (κ2) is 9.14. The van der Waals surface area contributed by atoms with E-state index < -0.39 is 10.9 Å². The molecule has 10 heteroatoms. The van der Waals surface area contributed by atoms with Crippen LogP contribution in [-0.4, -0.2) is 40.5 Å². The van der Waals surface area contributed by atoms with Crippen LogP contribution in [0.25, 0.3) is 5.65 Å². The molecule has 0 unspecified atom stereocenters. The van der Waals surface area contributed by atoms with Gasteiger partial charge in [0.15, 0.2) is 0 Å².